The van der Waals surface area contributed by atoms with Crippen LogP contribution in [0.15, 0.2) is 0 Å². The maximum Gasteiger partial charge on any atom is 0.220 e. The molecule has 10 nitrogen and oxygen atoms in total. The molecule has 4 N–H and O–H groups in total. The van der Waals surface area contributed by atoms with Gasteiger partial charge in [-0.2, -0.15) is 0 Å². The quantitative estimate of drug-likeness (QED) is 0.0712. The highest BCUT2D eigenvalue weighted by Crippen LogP contribution is 2.60. The predicted molar refractivity (Wildman–Crippen MR) is 202 cm³/mol. The van der Waals surface area contributed by atoms with E-state index in [9.17, 15) is 19.8 Å². The molecule has 4 unspecified atom stereocenters. The number of hydrogen-bond donors (Lipinski definition) is 4. The molecule has 0 aromatic carbocycles. The summed E-state index contributed by atoms with van der Waals surface area (Å²) in [6.07, 6.45) is 17.9. The summed E-state index contributed by atoms with van der Waals surface area (Å²) in [5.74, 6) is 2.28. The molecule has 0 aromatic heterocycles. The average molecular weight is 747 g/mol. The zero-order chi connectivity index (χ0) is 38.0. The second kappa shape index (κ2) is 17.1. The molecule has 7 saturated carbocycles. The lowest BCUT2D eigenvalue weighted by atomic mass is 9.50. The Hall–Kier alpha value is -1.30. The number of carbonyl (C=O) groups excluding carboxylic acids is 2. The summed E-state index contributed by atoms with van der Waals surface area (Å²) in [4.78, 5) is 49.5. The zero-order valence-corrected chi connectivity index (χ0v) is 34.0. The Balaban J connectivity index is 0.830. The van der Waals surface area contributed by atoms with Gasteiger partial charge in [0.15, 0.2) is 11.6 Å². The lowest BCUT2D eigenvalue weighted by molar-refractivity contribution is -0.484. The van der Waals surface area contributed by atoms with Crippen LogP contribution in [-0.4, -0.2) is 57.4 Å². The van der Waals surface area contributed by atoms with Gasteiger partial charge in [0.1, 0.15) is 5.60 Å². The topological polar surface area (TPSA) is 136 Å². The molecule has 10 heteroatoms. The molecule has 7 aliphatic rings. The van der Waals surface area contributed by atoms with E-state index in [1.807, 2.05) is 20.8 Å². The van der Waals surface area contributed by atoms with Crippen LogP contribution in [0.5, 0.6) is 0 Å². The normalized spacial score (nSPS) is 41.1. The van der Waals surface area contributed by atoms with E-state index in [2.05, 4.69) is 31.4 Å². The molecule has 4 atom stereocenters. The summed E-state index contributed by atoms with van der Waals surface area (Å²) >= 11 is 0. The van der Waals surface area contributed by atoms with Crippen LogP contribution in [0.3, 0.4) is 0 Å². The minimum absolute atomic E-state index is 0.0425. The molecule has 2 amide bonds. The molecule has 0 spiro atoms. The van der Waals surface area contributed by atoms with Crippen LogP contribution in [0.4, 0.5) is 0 Å². The molecule has 0 heterocycles. The fourth-order valence-electron chi connectivity index (χ4n) is 11.4. The highest BCUT2D eigenvalue weighted by Gasteiger charge is 2.57. The second-order valence-corrected chi connectivity index (χ2v) is 20.3. The Labute approximate surface area is 319 Å². The lowest BCUT2D eigenvalue weighted by Gasteiger charge is -2.59. The third-order valence-corrected chi connectivity index (χ3v) is 15.0. The first kappa shape index (κ1) is 41.3. The molecule has 7 aliphatic carbocycles. The molecule has 53 heavy (non-hydrogen) atoms. The van der Waals surface area contributed by atoms with Gasteiger partial charge in [-0.15, -0.1) is 0 Å². The summed E-state index contributed by atoms with van der Waals surface area (Å²) in [6.45, 7) is 13.0. The third kappa shape index (κ3) is 11.0. The first-order valence-corrected chi connectivity index (χ1v) is 21.7. The number of nitrogens with one attached hydrogen (secondary N) is 2. The monoisotopic (exact) mass is 747 g/mol. The van der Waals surface area contributed by atoms with E-state index < -0.39 is 17.1 Å². The number of amides is 2. The van der Waals surface area contributed by atoms with Crippen LogP contribution in [0.1, 0.15) is 170 Å². The smallest absolute Gasteiger partial charge is 0.220 e. The van der Waals surface area contributed by atoms with E-state index in [0.717, 1.165) is 30.1 Å². The first-order chi connectivity index (χ1) is 25.0. The molecule has 0 saturated heterocycles. The van der Waals surface area contributed by atoms with Crippen molar-refractivity contribution < 1.29 is 39.4 Å². The fourth-order valence-corrected chi connectivity index (χ4v) is 11.4. The van der Waals surface area contributed by atoms with E-state index in [4.69, 9.17) is 19.6 Å². The minimum atomic E-state index is -1.31. The van der Waals surface area contributed by atoms with Gasteiger partial charge in [0, 0.05) is 45.1 Å². The van der Waals surface area contributed by atoms with Gasteiger partial charge in [-0.25, -0.2) is 19.6 Å². The predicted octanol–water partition coefficient (Wildman–Crippen LogP) is 7.89. The molecule has 7 rings (SSSR count). The molecule has 304 valence electrons. The fraction of sp³-hybridized carbons (Fsp3) is 0.953. The molecule has 0 aromatic rings. The van der Waals surface area contributed by atoms with E-state index in [1.54, 1.807) is 0 Å². The Morgan fingerprint density at radius 1 is 0.736 bits per heavy atom. The Kier molecular flexibility index (Phi) is 13.3. The van der Waals surface area contributed by atoms with Crippen LogP contribution in [0, 0.1) is 53.3 Å². The van der Waals surface area contributed by atoms with Crippen LogP contribution in [0.25, 0.3) is 0 Å². The van der Waals surface area contributed by atoms with Gasteiger partial charge in [0.2, 0.25) is 11.8 Å². The van der Waals surface area contributed by atoms with Gasteiger partial charge in [-0.05, 0) is 152 Å². The van der Waals surface area contributed by atoms with E-state index in [1.165, 1.54) is 57.8 Å². The number of aliphatic hydroxyl groups is 2. The van der Waals surface area contributed by atoms with Gasteiger partial charge >= 0.3 is 0 Å². The summed E-state index contributed by atoms with van der Waals surface area (Å²) in [5, 5.41) is 28.4. The van der Waals surface area contributed by atoms with E-state index >= 15 is 0 Å². The van der Waals surface area contributed by atoms with Crippen molar-refractivity contribution in [1.82, 2.24) is 10.6 Å². The number of rotatable bonds is 16. The standard InChI is InChI=1S/C43H74N2O8/c1-28-8-7-9-33(18-28)19-29(2)30(3)50-52-42(48)14-10-31(11-15-42)25-38(46)44-27-40(4,5)45-39(47)26-32-12-16-43(49,17-13-32)53-51-41(6)36-21-34-20-35(23-36)24-37(41)22-34/h28-37,48-49H,7-27H2,1-6H3,(H,44,46)(H,45,47). The highest BCUT2D eigenvalue weighted by atomic mass is 17.2. The molecular weight excluding hydrogens is 672 g/mol. The van der Waals surface area contributed by atoms with Crippen LogP contribution < -0.4 is 10.6 Å². The SMILES string of the molecule is CC1CCCC(CC(C)C(C)OOC2(O)CCC(CC(=O)NCC(C)(C)NC(=O)CC3CCC(O)(OOC4(C)C5CC6CC(C5)CC4C6)CC3)CC2)C1. The minimum Gasteiger partial charge on any atom is -0.363 e. The summed E-state index contributed by atoms with van der Waals surface area (Å²) < 4.78 is 0. The molecule has 7 fully saturated rings. The largest absolute Gasteiger partial charge is 0.363 e. The van der Waals surface area contributed by atoms with Crippen molar-refractivity contribution in [1.29, 1.82) is 0 Å². The second-order valence-electron chi connectivity index (χ2n) is 20.3. The lowest BCUT2D eigenvalue weighted by Crippen LogP contribution is -2.58. The van der Waals surface area contributed by atoms with Gasteiger partial charge in [0.05, 0.1) is 11.6 Å². The van der Waals surface area contributed by atoms with Gasteiger partial charge in [-0.1, -0.05) is 33.1 Å². The molecular formula is C43H74N2O8. The van der Waals surface area contributed by atoms with Crippen molar-refractivity contribution in [2.75, 3.05) is 6.54 Å². The van der Waals surface area contributed by atoms with Crippen LogP contribution in [-0.2, 0) is 29.1 Å². The maximum atomic E-state index is 13.1. The highest BCUT2D eigenvalue weighted by molar-refractivity contribution is 5.78. The van der Waals surface area contributed by atoms with Crippen molar-refractivity contribution in [3.05, 3.63) is 0 Å². The maximum absolute atomic E-state index is 13.1. The summed E-state index contributed by atoms with van der Waals surface area (Å²) in [5.41, 5.74) is -0.911. The molecule has 0 aliphatic heterocycles. The number of hydrogen-bond acceptors (Lipinski definition) is 8. The van der Waals surface area contributed by atoms with Crippen molar-refractivity contribution in [3.63, 3.8) is 0 Å². The third-order valence-electron chi connectivity index (χ3n) is 15.0. The van der Waals surface area contributed by atoms with Crippen molar-refractivity contribution in [2.45, 2.75) is 199 Å². The summed E-state index contributed by atoms with van der Waals surface area (Å²) in [6, 6.07) is 0. The average Bonchev–Trinajstić information content (AvgIpc) is 3.10. The Morgan fingerprint density at radius 3 is 1.85 bits per heavy atom. The zero-order valence-electron chi connectivity index (χ0n) is 34.0. The van der Waals surface area contributed by atoms with Crippen LogP contribution in [0.2, 0.25) is 0 Å². The number of carbonyl (C=O) groups is 2. The van der Waals surface area contributed by atoms with Crippen molar-refractivity contribution in [3.8, 4) is 0 Å². The van der Waals surface area contributed by atoms with Crippen molar-refractivity contribution >= 4 is 11.8 Å². The summed E-state index contributed by atoms with van der Waals surface area (Å²) in [7, 11) is 0. The van der Waals surface area contributed by atoms with E-state index in [0.29, 0.717) is 88.5 Å². The van der Waals surface area contributed by atoms with Crippen LogP contribution >= 0.6 is 0 Å². The Morgan fingerprint density at radius 2 is 1.28 bits per heavy atom. The first-order valence-electron chi connectivity index (χ1n) is 21.7. The van der Waals surface area contributed by atoms with Crippen molar-refractivity contribution in [2.24, 2.45) is 53.3 Å². The van der Waals surface area contributed by atoms with Gasteiger partial charge < -0.3 is 20.8 Å². The van der Waals surface area contributed by atoms with E-state index in [-0.39, 0.29) is 35.4 Å². The Bertz CT molecular complexity index is 1200. The van der Waals surface area contributed by atoms with Gasteiger partial charge in [0.25, 0.3) is 0 Å². The van der Waals surface area contributed by atoms with Gasteiger partial charge in [-0.3, -0.25) is 9.59 Å². The molecule has 0 radical (unpaired) electrons. The molecule has 4 bridgehead atoms.